The zero-order valence-electron chi connectivity index (χ0n) is 28.0. The number of ether oxygens (including phenoxy) is 2. The lowest BCUT2D eigenvalue weighted by atomic mass is 9.97. The van der Waals surface area contributed by atoms with Gasteiger partial charge in [0.15, 0.2) is 6.29 Å². The normalized spacial score (nSPS) is 17.5. The quantitative estimate of drug-likeness (QED) is 0.120. The molecule has 0 spiro atoms. The van der Waals surface area contributed by atoms with Crippen LogP contribution >= 0.6 is 0 Å². The van der Waals surface area contributed by atoms with Gasteiger partial charge in [-0.3, -0.25) is 4.90 Å². The molecule has 6 rings (SSSR count). The van der Waals surface area contributed by atoms with Crippen molar-refractivity contribution in [2.24, 2.45) is 0 Å². The van der Waals surface area contributed by atoms with Crippen LogP contribution in [0.1, 0.15) is 59.1 Å². The molecule has 0 unspecified atom stereocenters. The number of amides is 2. The highest BCUT2D eigenvalue weighted by atomic mass is 16.7. The summed E-state index contributed by atoms with van der Waals surface area (Å²) >= 11 is 0. The lowest BCUT2D eigenvalue weighted by Gasteiger charge is -2.38. The van der Waals surface area contributed by atoms with Crippen molar-refractivity contribution in [3.63, 3.8) is 0 Å². The van der Waals surface area contributed by atoms with Crippen molar-refractivity contribution in [1.82, 2.24) is 15.5 Å². The molecule has 0 aliphatic carbocycles. The largest absolute Gasteiger partial charge is 0.392 e. The minimum Gasteiger partial charge on any atom is -0.392 e. The van der Waals surface area contributed by atoms with Crippen molar-refractivity contribution < 1.29 is 19.4 Å². The molecule has 0 bridgehead atoms. The molecule has 3 atom stereocenters. The van der Waals surface area contributed by atoms with Gasteiger partial charge < -0.3 is 25.2 Å². The van der Waals surface area contributed by atoms with E-state index < -0.39 is 6.29 Å². The summed E-state index contributed by atoms with van der Waals surface area (Å²) < 4.78 is 13.5. The molecule has 5 aromatic rings. The third-order valence-corrected chi connectivity index (χ3v) is 8.86. The zero-order valence-corrected chi connectivity index (χ0v) is 28.0. The zero-order chi connectivity index (χ0) is 33.8. The number of nitrogens with one attached hydrogen (secondary N) is 2. The van der Waals surface area contributed by atoms with Crippen molar-refractivity contribution >= 4 is 6.03 Å². The van der Waals surface area contributed by atoms with Gasteiger partial charge in [-0.1, -0.05) is 133 Å². The number of carbonyl (C=O) groups is 1. The smallest absolute Gasteiger partial charge is 0.315 e. The van der Waals surface area contributed by atoms with E-state index in [-0.39, 0.29) is 24.8 Å². The second-order valence-corrected chi connectivity index (χ2v) is 12.5. The van der Waals surface area contributed by atoms with Gasteiger partial charge in [-0.15, -0.1) is 0 Å². The summed E-state index contributed by atoms with van der Waals surface area (Å²) in [6, 6.07) is 45.5. The second kappa shape index (κ2) is 17.0. The van der Waals surface area contributed by atoms with Gasteiger partial charge >= 0.3 is 6.03 Å². The van der Waals surface area contributed by atoms with Crippen molar-refractivity contribution in [3.05, 3.63) is 167 Å². The van der Waals surface area contributed by atoms with Crippen LogP contribution in [-0.4, -0.2) is 35.2 Å². The predicted molar refractivity (Wildman–Crippen MR) is 193 cm³/mol. The van der Waals surface area contributed by atoms with E-state index in [9.17, 15) is 9.90 Å². The summed E-state index contributed by atoms with van der Waals surface area (Å²) in [5.41, 5.74) is 8.56. The highest BCUT2D eigenvalue weighted by molar-refractivity contribution is 5.74. The molecule has 0 saturated carbocycles. The number of rotatable bonds is 13. The maximum absolute atomic E-state index is 12.1. The van der Waals surface area contributed by atoms with Crippen molar-refractivity contribution in [1.29, 1.82) is 0 Å². The first-order valence-corrected chi connectivity index (χ1v) is 17.1. The van der Waals surface area contributed by atoms with E-state index in [0.717, 1.165) is 53.0 Å². The molecule has 1 aliphatic rings. The van der Waals surface area contributed by atoms with Crippen LogP contribution in [0.25, 0.3) is 11.1 Å². The van der Waals surface area contributed by atoms with Crippen LogP contribution in [0.2, 0.25) is 0 Å². The lowest BCUT2D eigenvalue weighted by Crippen LogP contribution is -2.39. The highest BCUT2D eigenvalue weighted by Gasteiger charge is 2.33. The van der Waals surface area contributed by atoms with E-state index in [1.165, 1.54) is 11.1 Å². The number of hydrogen-bond donors (Lipinski definition) is 3. The average Bonchev–Trinajstić information content (AvgIpc) is 3.15. The first-order valence-electron chi connectivity index (χ1n) is 17.1. The number of carbonyl (C=O) groups excluding carboxylic acids is 1. The molecule has 0 radical (unpaired) electrons. The number of aliphatic hydroxyl groups is 1. The molecular formula is C42H45N3O4. The monoisotopic (exact) mass is 655 g/mol. The Morgan fingerprint density at radius 1 is 0.714 bits per heavy atom. The van der Waals surface area contributed by atoms with Gasteiger partial charge in [0.1, 0.15) is 0 Å². The van der Waals surface area contributed by atoms with Crippen LogP contribution in [0.3, 0.4) is 0 Å². The summed E-state index contributed by atoms with van der Waals surface area (Å²) in [5.74, 6) is 0. The van der Waals surface area contributed by atoms with Crippen LogP contribution in [-0.2, 0) is 35.7 Å². The first-order chi connectivity index (χ1) is 24.1. The Bertz CT molecular complexity index is 1710. The minimum atomic E-state index is -0.555. The Labute approximate surface area is 289 Å². The summed E-state index contributed by atoms with van der Waals surface area (Å²) in [7, 11) is 0. The molecule has 252 valence electrons. The van der Waals surface area contributed by atoms with Crippen molar-refractivity contribution in [2.45, 2.75) is 58.1 Å². The van der Waals surface area contributed by atoms with Crippen LogP contribution < -0.4 is 10.6 Å². The van der Waals surface area contributed by atoms with E-state index in [1.807, 2.05) is 37.3 Å². The maximum atomic E-state index is 12.1. The topological polar surface area (TPSA) is 83.1 Å². The van der Waals surface area contributed by atoms with Gasteiger partial charge in [-0.05, 0) is 45.9 Å². The Kier molecular flexibility index (Phi) is 11.9. The molecule has 0 aromatic heterocycles. The lowest BCUT2D eigenvalue weighted by molar-refractivity contribution is -0.253. The Balaban J connectivity index is 1.24. The van der Waals surface area contributed by atoms with Crippen LogP contribution in [0.4, 0.5) is 4.79 Å². The molecule has 7 heteroatoms. The van der Waals surface area contributed by atoms with Gasteiger partial charge in [-0.2, -0.15) is 0 Å². The highest BCUT2D eigenvalue weighted by Crippen LogP contribution is 2.39. The molecule has 1 fully saturated rings. The fourth-order valence-electron chi connectivity index (χ4n) is 6.36. The summed E-state index contributed by atoms with van der Waals surface area (Å²) in [5, 5.41) is 15.4. The Morgan fingerprint density at radius 3 is 1.96 bits per heavy atom. The average molecular weight is 656 g/mol. The van der Waals surface area contributed by atoms with Gasteiger partial charge in [0.25, 0.3) is 0 Å². The van der Waals surface area contributed by atoms with Crippen LogP contribution in [0.15, 0.2) is 133 Å². The molecular weight excluding hydrogens is 610 g/mol. The SMILES string of the molecule is CCNC(=O)NCc1ccccc1-c1ccc([C@H]2O[C@@H](CN(Cc3ccccc3)Cc3ccccc3)C[C@@H](c3ccc(CO)cc3)O2)cc1. The number of urea groups is 1. The summed E-state index contributed by atoms with van der Waals surface area (Å²) in [6.45, 7) is 5.26. The molecule has 2 amide bonds. The third-order valence-electron chi connectivity index (χ3n) is 8.86. The number of hydrogen-bond acceptors (Lipinski definition) is 5. The van der Waals surface area contributed by atoms with Crippen LogP contribution in [0.5, 0.6) is 0 Å². The van der Waals surface area contributed by atoms with Gasteiger partial charge in [-0.25, -0.2) is 4.79 Å². The van der Waals surface area contributed by atoms with Gasteiger partial charge in [0.2, 0.25) is 0 Å². The standard InChI is InChI=1S/C42H45N3O4/c1-2-43-42(47)44-26-37-15-9-10-16-39(37)34-21-23-36(24-22-34)41-48-38(25-40(49-41)35-19-17-33(30-46)18-20-35)29-45(27-31-11-5-3-6-12-31)28-32-13-7-4-8-14-32/h3-24,38,40-41,46H,2,25-30H2,1H3,(H2,43,44,47)/t38-,40+,41+/m1/s1. The fourth-order valence-corrected chi connectivity index (χ4v) is 6.36. The van der Waals surface area contributed by atoms with E-state index in [1.54, 1.807) is 0 Å². The third kappa shape index (κ3) is 9.43. The van der Waals surface area contributed by atoms with Crippen LogP contribution in [0, 0.1) is 0 Å². The summed E-state index contributed by atoms with van der Waals surface area (Å²) in [6.07, 6.45) is -0.110. The van der Waals surface area contributed by atoms with Gasteiger partial charge in [0.05, 0.1) is 18.8 Å². The Morgan fingerprint density at radius 2 is 1.33 bits per heavy atom. The van der Waals surface area contributed by atoms with Crippen molar-refractivity contribution in [3.8, 4) is 11.1 Å². The number of aliphatic hydroxyl groups excluding tert-OH is 1. The Hall–Kier alpha value is -4.79. The molecule has 5 aromatic carbocycles. The minimum absolute atomic E-state index is 0.00553. The predicted octanol–water partition coefficient (Wildman–Crippen LogP) is 7.91. The molecule has 1 heterocycles. The van der Waals surface area contributed by atoms with Crippen molar-refractivity contribution in [2.75, 3.05) is 13.1 Å². The van der Waals surface area contributed by atoms with E-state index in [0.29, 0.717) is 19.5 Å². The molecule has 3 N–H and O–H groups in total. The molecule has 7 nitrogen and oxygen atoms in total. The second-order valence-electron chi connectivity index (χ2n) is 12.5. The molecule has 49 heavy (non-hydrogen) atoms. The first kappa shape index (κ1) is 34.1. The van der Waals surface area contributed by atoms with E-state index >= 15 is 0 Å². The van der Waals surface area contributed by atoms with E-state index in [4.69, 9.17) is 9.47 Å². The molecule has 1 saturated heterocycles. The van der Waals surface area contributed by atoms with Gasteiger partial charge in [0, 0.05) is 44.7 Å². The number of benzene rings is 5. The summed E-state index contributed by atoms with van der Waals surface area (Å²) in [4.78, 5) is 14.5. The fraction of sp³-hybridized carbons (Fsp3) is 0.262. The maximum Gasteiger partial charge on any atom is 0.315 e. The number of nitrogens with zero attached hydrogens (tertiary/aromatic N) is 1. The molecule has 1 aliphatic heterocycles. The van der Waals surface area contributed by atoms with E-state index in [2.05, 4.69) is 119 Å².